The third-order valence-corrected chi connectivity index (χ3v) is 5.52. The molecule has 124 valence electrons. The molecule has 0 aromatic heterocycles. The topological polar surface area (TPSA) is 75.7 Å². The van der Waals surface area contributed by atoms with E-state index in [-0.39, 0.29) is 29.6 Å². The Labute approximate surface area is 128 Å². The largest absolute Gasteiger partial charge is 0.465 e. The normalized spacial score (nSPS) is 23.7. The molecule has 0 aliphatic carbocycles. The molecule has 6 nitrogen and oxygen atoms in total. The Morgan fingerprint density at radius 3 is 2.71 bits per heavy atom. The number of carbonyl (C=O) groups excluding carboxylic acids is 1. The molecule has 7 heteroatoms. The molecule has 0 saturated carbocycles. The first-order valence-corrected chi connectivity index (χ1v) is 9.56. The number of rotatable bonds is 8. The zero-order chi connectivity index (χ0) is 15.9. The van der Waals surface area contributed by atoms with Gasteiger partial charge in [0.15, 0.2) is 9.84 Å². The van der Waals surface area contributed by atoms with Gasteiger partial charge in [-0.15, -0.1) is 0 Å². The monoisotopic (exact) mass is 320 g/mol. The van der Waals surface area contributed by atoms with Crippen LogP contribution in [0.3, 0.4) is 0 Å². The molecular weight excluding hydrogens is 292 g/mol. The van der Waals surface area contributed by atoms with Crippen molar-refractivity contribution in [1.82, 2.24) is 10.2 Å². The maximum Gasteiger partial charge on any atom is 0.323 e. The van der Waals surface area contributed by atoms with Crippen LogP contribution >= 0.6 is 0 Å². The summed E-state index contributed by atoms with van der Waals surface area (Å²) in [6.45, 7) is 8.17. The van der Waals surface area contributed by atoms with Gasteiger partial charge in [0.25, 0.3) is 0 Å². The smallest absolute Gasteiger partial charge is 0.323 e. The highest BCUT2D eigenvalue weighted by molar-refractivity contribution is 7.91. The van der Waals surface area contributed by atoms with Crippen molar-refractivity contribution in [3.63, 3.8) is 0 Å². The Balaban J connectivity index is 2.50. The van der Waals surface area contributed by atoms with Crippen LogP contribution in [-0.4, -0.2) is 69.1 Å². The van der Waals surface area contributed by atoms with Crippen molar-refractivity contribution < 1.29 is 17.9 Å². The SMILES string of the molecule is CCCNC(CCN1CCS(=O)(=O)CC1C)C(=O)OCC. The van der Waals surface area contributed by atoms with Crippen LogP contribution in [0.5, 0.6) is 0 Å². The summed E-state index contributed by atoms with van der Waals surface area (Å²) in [6, 6.07) is -0.298. The van der Waals surface area contributed by atoms with Crippen LogP contribution in [0.2, 0.25) is 0 Å². The minimum absolute atomic E-state index is 0.0118. The molecule has 0 aromatic rings. The van der Waals surface area contributed by atoms with Gasteiger partial charge in [0.05, 0.1) is 18.1 Å². The summed E-state index contributed by atoms with van der Waals surface area (Å²) in [7, 11) is -2.89. The van der Waals surface area contributed by atoms with E-state index in [1.165, 1.54) is 0 Å². The molecule has 1 saturated heterocycles. The second kappa shape index (κ2) is 8.70. The van der Waals surface area contributed by atoms with Crippen LogP contribution < -0.4 is 5.32 Å². The highest BCUT2D eigenvalue weighted by atomic mass is 32.2. The third kappa shape index (κ3) is 6.32. The number of hydrogen-bond donors (Lipinski definition) is 1. The highest BCUT2D eigenvalue weighted by Gasteiger charge is 2.29. The van der Waals surface area contributed by atoms with E-state index >= 15 is 0 Å². The van der Waals surface area contributed by atoms with Crippen LogP contribution in [-0.2, 0) is 19.4 Å². The van der Waals surface area contributed by atoms with Gasteiger partial charge in [-0.05, 0) is 33.2 Å². The van der Waals surface area contributed by atoms with E-state index in [1.54, 1.807) is 6.92 Å². The minimum Gasteiger partial charge on any atom is -0.465 e. The first-order chi connectivity index (χ1) is 9.89. The van der Waals surface area contributed by atoms with Gasteiger partial charge in [-0.2, -0.15) is 0 Å². The maximum atomic E-state index is 11.9. The number of nitrogens with one attached hydrogen (secondary N) is 1. The Kier molecular flexibility index (Phi) is 7.62. The van der Waals surface area contributed by atoms with Crippen molar-refractivity contribution in [2.24, 2.45) is 0 Å². The zero-order valence-electron chi connectivity index (χ0n) is 13.3. The zero-order valence-corrected chi connectivity index (χ0v) is 14.1. The van der Waals surface area contributed by atoms with Crippen molar-refractivity contribution >= 4 is 15.8 Å². The van der Waals surface area contributed by atoms with Gasteiger partial charge >= 0.3 is 5.97 Å². The lowest BCUT2D eigenvalue weighted by molar-refractivity contribution is -0.146. The van der Waals surface area contributed by atoms with E-state index in [1.807, 2.05) is 13.8 Å². The van der Waals surface area contributed by atoms with Crippen molar-refractivity contribution in [3.05, 3.63) is 0 Å². The predicted molar refractivity (Wildman–Crippen MR) is 83.0 cm³/mol. The first-order valence-electron chi connectivity index (χ1n) is 7.74. The van der Waals surface area contributed by atoms with Crippen LogP contribution in [0.15, 0.2) is 0 Å². The van der Waals surface area contributed by atoms with E-state index in [0.717, 1.165) is 13.0 Å². The lowest BCUT2D eigenvalue weighted by Gasteiger charge is -2.33. The number of nitrogens with zero attached hydrogens (tertiary/aromatic N) is 1. The van der Waals surface area contributed by atoms with Gasteiger partial charge in [-0.25, -0.2) is 8.42 Å². The molecule has 1 N–H and O–H groups in total. The lowest BCUT2D eigenvalue weighted by atomic mass is 10.1. The number of sulfone groups is 1. The average Bonchev–Trinajstić information content (AvgIpc) is 2.40. The van der Waals surface area contributed by atoms with Crippen LogP contribution in [0.25, 0.3) is 0 Å². The van der Waals surface area contributed by atoms with Crippen LogP contribution in [0.1, 0.15) is 33.6 Å². The fraction of sp³-hybridized carbons (Fsp3) is 0.929. The molecule has 0 radical (unpaired) electrons. The van der Waals surface area contributed by atoms with Gasteiger partial charge < -0.3 is 10.1 Å². The summed E-state index contributed by atoms with van der Waals surface area (Å²) in [5.41, 5.74) is 0. The summed E-state index contributed by atoms with van der Waals surface area (Å²) in [6.07, 6.45) is 1.59. The molecule has 0 aromatic carbocycles. The number of carbonyl (C=O) groups is 1. The number of ether oxygens (including phenoxy) is 1. The summed E-state index contributed by atoms with van der Waals surface area (Å²) < 4.78 is 28.2. The van der Waals surface area contributed by atoms with Crippen molar-refractivity contribution in [1.29, 1.82) is 0 Å². The van der Waals surface area contributed by atoms with Gasteiger partial charge in [-0.3, -0.25) is 9.69 Å². The Morgan fingerprint density at radius 1 is 1.43 bits per heavy atom. The molecule has 1 rings (SSSR count). The van der Waals surface area contributed by atoms with Gasteiger partial charge in [0.1, 0.15) is 6.04 Å². The fourth-order valence-corrected chi connectivity index (χ4v) is 4.15. The highest BCUT2D eigenvalue weighted by Crippen LogP contribution is 2.12. The van der Waals surface area contributed by atoms with E-state index in [4.69, 9.17) is 4.74 Å². The van der Waals surface area contributed by atoms with Crippen molar-refractivity contribution in [2.45, 2.75) is 45.7 Å². The Morgan fingerprint density at radius 2 is 2.14 bits per heavy atom. The summed E-state index contributed by atoms with van der Waals surface area (Å²) in [5, 5.41) is 3.21. The Hall–Kier alpha value is -0.660. The van der Waals surface area contributed by atoms with Crippen LogP contribution in [0.4, 0.5) is 0 Å². The molecule has 0 amide bonds. The standard InChI is InChI=1S/C14H28N2O4S/c1-4-7-15-13(14(17)20-5-2)6-8-16-9-10-21(18,19)11-12(16)3/h12-13,15H,4-11H2,1-3H3. The van der Waals surface area contributed by atoms with Gasteiger partial charge in [0, 0.05) is 19.1 Å². The van der Waals surface area contributed by atoms with E-state index in [2.05, 4.69) is 10.2 Å². The average molecular weight is 320 g/mol. The molecule has 2 atom stereocenters. The van der Waals surface area contributed by atoms with Crippen molar-refractivity contribution in [3.8, 4) is 0 Å². The predicted octanol–water partition coefficient (Wildman–Crippen LogP) is 0.427. The molecule has 1 aliphatic rings. The number of hydrogen-bond acceptors (Lipinski definition) is 6. The first kappa shape index (κ1) is 18.4. The van der Waals surface area contributed by atoms with E-state index < -0.39 is 9.84 Å². The summed E-state index contributed by atoms with van der Waals surface area (Å²) in [4.78, 5) is 14.0. The molecule has 1 aliphatic heterocycles. The minimum atomic E-state index is -2.89. The van der Waals surface area contributed by atoms with E-state index in [0.29, 0.717) is 26.1 Å². The third-order valence-electron chi connectivity index (χ3n) is 3.72. The molecule has 21 heavy (non-hydrogen) atoms. The maximum absolute atomic E-state index is 11.9. The molecule has 0 spiro atoms. The quantitative estimate of drug-likeness (QED) is 0.654. The molecule has 0 bridgehead atoms. The fourth-order valence-electron chi connectivity index (χ4n) is 2.52. The van der Waals surface area contributed by atoms with Crippen LogP contribution in [0, 0.1) is 0 Å². The summed E-state index contributed by atoms with van der Waals surface area (Å²) >= 11 is 0. The summed E-state index contributed by atoms with van der Waals surface area (Å²) in [5.74, 6) is 0.201. The second-order valence-electron chi connectivity index (χ2n) is 5.55. The van der Waals surface area contributed by atoms with Gasteiger partial charge in [0.2, 0.25) is 0 Å². The molecule has 1 heterocycles. The lowest BCUT2D eigenvalue weighted by Crippen LogP contribution is -2.49. The second-order valence-corrected chi connectivity index (χ2v) is 7.78. The Bertz CT molecular complexity index is 425. The molecule has 1 fully saturated rings. The van der Waals surface area contributed by atoms with Crippen molar-refractivity contribution in [2.75, 3.05) is 37.7 Å². The van der Waals surface area contributed by atoms with E-state index in [9.17, 15) is 13.2 Å². The molecular formula is C14H28N2O4S. The van der Waals surface area contributed by atoms with Gasteiger partial charge in [-0.1, -0.05) is 6.92 Å². The molecule has 2 unspecified atom stereocenters. The number of esters is 1.